The highest BCUT2D eigenvalue weighted by Gasteiger charge is 1.68. The summed E-state index contributed by atoms with van der Waals surface area (Å²) >= 11 is 5.04. The van der Waals surface area contributed by atoms with Crippen LogP contribution in [0.25, 0.3) is 0 Å². The minimum absolute atomic E-state index is 0.125. The molecule has 0 N–H and O–H groups in total. The summed E-state index contributed by atoms with van der Waals surface area (Å²) in [6, 6.07) is 0. The highest BCUT2D eigenvalue weighted by molar-refractivity contribution is 7.61. The van der Waals surface area contributed by atoms with E-state index in [2.05, 4.69) is 4.36 Å². The van der Waals surface area contributed by atoms with E-state index in [1.54, 1.807) is 0 Å². The lowest BCUT2D eigenvalue weighted by Gasteiger charge is -1.68. The Morgan fingerprint density at radius 3 is 2.62 bits per heavy atom. The molecule has 0 unspecified atom stereocenters. The lowest BCUT2D eigenvalue weighted by atomic mass is 10.7. The zero-order valence-electron chi connectivity index (χ0n) is 3.91. The molecule has 0 aromatic rings. The van der Waals surface area contributed by atoms with Gasteiger partial charge >= 0.3 is 10.5 Å². The molecule has 0 heterocycles. The Kier molecular flexibility index (Phi) is 4.59. The Labute approximate surface area is 53.7 Å². The number of rotatable bonds is 2. The number of nitrogens with zero attached hydrogens (tertiary/aromatic N) is 1. The third-order valence-electron chi connectivity index (χ3n) is 0.374. The molecule has 0 saturated heterocycles. The van der Waals surface area contributed by atoms with Gasteiger partial charge in [0.05, 0.1) is 6.54 Å². The summed E-state index contributed by atoms with van der Waals surface area (Å²) in [7, 11) is -2.30. The van der Waals surface area contributed by atoms with Gasteiger partial charge in [-0.05, 0) is 0 Å². The third-order valence-corrected chi connectivity index (χ3v) is 0.913. The minimum atomic E-state index is -2.30. The van der Waals surface area contributed by atoms with Gasteiger partial charge in [0.25, 0.3) is 0 Å². The molecule has 0 aliphatic heterocycles. The van der Waals surface area contributed by atoms with Crippen LogP contribution >= 0.6 is 11.6 Å². The second-order valence-corrected chi connectivity index (χ2v) is 1.83. The van der Waals surface area contributed by atoms with Gasteiger partial charge in [0.1, 0.15) is 0 Å². The van der Waals surface area contributed by atoms with Crippen molar-refractivity contribution < 1.29 is 8.42 Å². The second kappa shape index (κ2) is 4.80. The number of halogens is 1. The van der Waals surface area contributed by atoms with Crippen molar-refractivity contribution in [3.05, 3.63) is 11.6 Å². The first kappa shape index (κ1) is 7.65. The van der Waals surface area contributed by atoms with Crippen molar-refractivity contribution >= 4 is 22.1 Å². The predicted octanol–water partition coefficient (Wildman–Crippen LogP) is 0.802. The zero-order chi connectivity index (χ0) is 6.41. The van der Waals surface area contributed by atoms with Crippen LogP contribution in [0.1, 0.15) is 0 Å². The van der Waals surface area contributed by atoms with Gasteiger partial charge in [0.15, 0.2) is 0 Å². The van der Waals surface area contributed by atoms with Crippen molar-refractivity contribution in [3.63, 3.8) is 0 Å². The molecule has 0 fully saturated rings. The van der Waals surface area contributed by atoms with Crippen LogP contribution in [0.15, 0.2) is 16.0 Å². The fourth-order valence-corrected chi connectivity index (χ4v) is 0.431. The van der Waals surface area contributed by atoms with Crippen molar-refractivity contribution in [3.8, 4) is 0 Å². The molecule has 0 saturated carbocycles. The Morgan fingerprint density at radius 1 is 1.62 bits per heavy atom. The van der Waals surface area contributed by atoms with Gasteiger partial charge in [-0.1, -0.05) is 17.7 Å². The normalized spacial score (nSPS) is 9.62. The van der Waals surface area contributed by atoms with E-state index in [9.17, 15) is 8.42 Å². The Balaban J connectivity index is 3.63. The average Bonchev–Trinajstić information content (AvgIpc) is 1.66. The Morgan fingerprint density at radius 2 is 2.25 bits per heavy atom. The minimum Gasteiger partial charge on any atom is -0.168 e. The summed E-state index contributed by atoms with van der Waals surface area (Å²) < 4.78 is 22.3. The molecule has 0 atom stereocenters. The van der Waals surface area contributed by atoms with Crippen LogP contribution in [-0.4, -0.2) is 15.0 Å². The molecular formula is C3H4ClNO2S. The fourth-order valence-electron chi connectivity index (χ4n) is 0.144. The van der Waals surface area contributed by atoms with Crippen LogP contribution in [0.2, 0.25) is 0 Å². The van der Waals surface area contributed by atoms with E-state index < -0.39 is 10.5 Å². The molecule has 46 valence electrons. The Bertz CT molecular complexity index is 185. The van der Waals surface area contributed by atoms with Crippen molar-refractivity contribution in [2.75, 3.05) is 6.54 Å². The smallest absolute Gasteiger partial charge is 0.168 e. The van der Waals surface area contributed by atoms with E-state index in [0.29, 0.717) is 0 Å². The first-order valence-corrected chi connectivity index (χ1v) is 3.26. The van der Waals surface area contributed by atoms with Crippen molar-refractivity contribution in [2.45, 2.75) is 0 Å². The summed E-state index contributed by atoms with van der Waals surface area (Å²) in [6.45, 7) is 0.125. The molecule has 3 nitrogen and oxygen atoms in total. The van der Waals surface area contributed by atoms with E-state index in [4.69, 9.17) is 11.6 Å². The van der Waals surface area contributed by atoms with Gasteiger partial charge in [-0.15, -0.1) is 0 Å². The SMILES string of the molecule is O=S(=O)=NCC=CCl. The van der Waals surface area contributed by atoms with Gasteiger partial charge in [-0.25, -0.2) is 0 Å². The molecule has 0 aliphatic rings. The molecule has 5 heteroatoms. The van der Waals surface area contributed by atoms with E-state index in [0.717, 1.165) is 0 Å². The zero-order valence-corrected chi connectivity index (χ0v) is 5.48. The van der Waals surface area contributed by atoms with Crippen LogP contribution < -0.4 is 0 Å². The average molecular weight is 154 g/mol. The standard InChI is InChI=1S/C3H4ClNO2S/c4-2-1-3-5-8(6)7/h1-2H,3H2. The summed E-state index contributed by atoms with van der Waals surface area (Å²) in [5.41, 5.74) is 1.22. The van der Waals surface area contributed by atoms with Crippen molar-refractivity contribution in [2.24, 2.45) is 4.36 Å². The van der Waals surface area contributed by atoms with Gasteiger partial charge < -0.3 is 0 Å². The highest BCUT2D eigenvalue weighted by atomic mass is 35.5. The van der Waals surface area contributed by atoms with Crippen molar-refractivity contribution in [1.29, 1.82) is 0 Å². The van der Waals surface area contributed by atoms with Crippen LogP contribution in [0, 0.1) is 0 Å². The summed E-state index contributed by atoms with van der Waals surface area (Å²) in [5, 5.41) is 0. The molecule has 0 rings (SSSR count). The fraction of sp³-hybridized carbons (Fsp3) is 0.333. The third kappa shape index (κ3) is 5.65. The van der Waals surface area contributed by atoms with E-state index >= 15 is 0 Å². The van der Waals surface area contributed by atoms with Crippen LogP contribution in [0.5, 0.6) is 0 Å². The first-order chi connectivity index (χ1) is 3.77. The molecule has 0 aromatic heterocycles. The molecule has 0 amide bonds. The van der Waals surface area contributed by atoms with E-state index in [-0.39, 0.29) is 6.54 Å². The maximum atomic E-state index is 9.63. The van der Waals surface area contributed by atoms with E-state index in [1.165, 1.54) is 11.6 Å². The molecule has 0 aliphatic carbocycles. The highest BCUT2D eigenvalue weighted by Crippen LogP contribution is 1.77. The van der Waals surface area contributed by atoms with Gasteiger partial charge in [0.2, 0.25) is 0 Å². The maximum absolute atomic E-state index is 9.63. The molecule has 0 radical (unpaired) electrons. The Hall–Kier alpha value is -0.350. The molecule has 0 aromatic carbocycles. The quantitative estimate of drug-likeness (QED) is 0.589. The monoisotopic (exact) mass is 153 g/mol. The lowest BCUT2D eigenvalue weighted by molar-refractivity contribution is 0.621. The lowest BCUT2D eigenvalue weighted by Crippen LogP contribution is -1.66. The molecular weight excluding hydrogens is 150 g/mol. The van der Waals surface area contributed by atoms with Gasteiger partial charge in [-0.2, -0.15) is 12.8 Å². The topological polar surface area (TPSA) is 46.5 Å². The van der Waals surface area contributed by atoms with Gasteiger partial charge in [0, 0.05) is 5.54 Å². The summed E-state index contributed by atoms with van der Waals surface area (Å²) in [4.78, 5) is 0. The molecule has 0 spiro atoms. The van der Waals surface area contributed by atoms with Crippen LogP contribution in [0.4, 0.5) is 0 Å². The predicted molar refractivity (Wildman–Crippen MR) is 31.2 cm³/mol. The second-order valence-electron chi connectivity index (χ2n) is 0.890. The largest absolute Gasteiger partial charge is 0.311 e. The number of hydrogen-bond donors (Lipinski definition) is 0. The van der Waals surface area contributed by atoms with Crippen molar-refractivity contribution in [1.82, 2.24) is 0 Å². The summed E-state index contributed by atoms with van der Waals surface area (Å²) in [6.07, 6.45) is 1.43. The molecule has 0 bridgehead atoms. The van der Waals surface area contributed by atoms with E-state index in [1.807, 2.05) is 0 Å². The number of hydrogen-bond acceptors (Lipinski definition) is 3. The van der Waals surface area contributed by atoms with Crippen LogP contribution in [0.3, 0.4) is 0 Å². The maximum Gasteiger partial charge on any atom is 0.311 e. The first-order valence-electron chi connectivity index (χ1n) is 1.79. The van der Waals surface area contributed by atoms with Gasteiger partial charge in [-0.3, -0.25) is 0 Å². The van der Waals surface area contributed by atoms with Crippen LogP contribution in [-0.2, 0) is 10.5 Å². The summed E-state index contributed by atoms with van der Waals surface area (Å²) in [5.74, 6) is 0. The molecule has 8 heavy (non-hydrogen) atoms.